The molecule has 2 aromatic rings. The van der Waals surface area contributed by atoms with Gasteiger partial charge in [0.2, 0.25) is 15.9 Å². The monoisotopic (exact) mass is 442 g/mol. The smallest absolute Gasteiger partial charge is 0.248 e. The van der Waals surface area contributed by atoms with E-state index in [-0.39, 0.29) is 5.91 Å². The van der Waals surface area contributed by atoms with Gasteiger partial charge in [-0.05, 0) is 64.6 Å². The average Bonchev–Trinajstić information content (AvgIpc) is 2.45. The predicted octanol–water partition coefficient (Wildman–Crippen LogP) is 3.31. The minimum Gasteiger partial charge on any atom is -0.322 e. The molecule has 120 valence electrons. The van der Waals surface area contributed by atoms with Gasteiger partial charge >= 0.3 is 0 Å². The number of amides is 1. The third-order valence-electron chi connectivity index (χ3n) is 2.73. The molecule has 0 bridgehead atoms. The Kier molecular flexibility index (Phi) is 5.78. The van der Waals surface area contributed by atoms with E-state index >= 15 is 0 Å². The molecule has 0 fully saturated rings. The SMILES string of the molecule is CS(=O)(=O)Nc1ccc(/C=C/C(=O)Nc2cccc(I)c2)cc1. The summed E-state index contributed by atoms with van der Waals surface area (Å²) in [5.41, 5.74) is 2.01. The lowest BCUT2D eigenvalue weighted by Gasteiger charge is -2.04. The maximum atomic E-state index is 11.9. The average molecular weight is 442 g/mol. The van der Waals surface area contributed by atoms with E-state index in [1.165, 1.54) is 6.08 Å². The maximum absolute atomic E-state index is 11.9. The number of carbonyl (C=O) groups excluding carboxylic acids is 1. The first-order valence-corrected chi connectivity index (χ1v) is 9.61. The van der Waals surface area contributed by atoms with Crippen molar-refractivity contribution < 1.29 is 13.2 Å². The number of benzene rings is 2. The number of hydrogen-bond acceptors (Lipinski definition) is 3. The first-order chi connectivity index (χ1) is 10.8. The summed E-state index contributed by atoms with van der Waals surface area (Å²) >= 11 is 2.18. The van der Waals surface area contributed by atoms with Gasteiger partial charge in [-0.1, -0.05) is 18.2 Å². The van der Waals surface area contributed by atoms with Crippen LogP contribution in [0.2, 0.25) is 0 Å². The fourth-order valence-electron chi connectivity index (χ4n) is 1.80. The van der Waals surface area contributed by atoms with Crippen LogP contribution in [0.1, 0.15) is 5.56 Å². The van der Waals surface area contributed by atoms with Crippen LogP contribution in [0.4, 0.5) is 11.4 Å². The van der Waals surface area contributed by atoms with Gasteiger partial charge in [0.1, 0.15) is 0 Å². The minimum absolute atomic E-state index is 0.231. The van der Waals surface area contributed by atoms with Crippen LogP contribution in [0, 0.1) is 3.57 Å². The van der Waals surface area contributed by atoms with Crippen molar-refractivity contribution in [3.63, 3.8) is 0 Å². The van der Waals surface area contributed by atoms with Gasteiger partial charge in [0.05, 0.1) is 6.26 Å². The summed E-state index contributed by atoms with van der Waals surface area (Å²) in [6, 6.07) is 14.2. The first kappa shape index (κ1) is 17.5. The molecule has 0 saturated carbocycles. The molecule has 0 aliphatic carbocycles. The number of nitrogens with one attached hydrogen (secondary N) is 2. The highest BCUT2D eigenvalue weighted by atomic mass is 127. The van der Waals surface area contributed by atoms with Gasteiger partial charge in [-0.25, -0.2) is 8.42 Å². The molecule has 0 aliphatic rings. The zero-order valence-corrected chi connectivity index (χ0v) is 15.3. The lowest BCUT2D eigenvalue weighted by Crippen LogP contribution is -2.09. The first-order valence-electron chi connectivity index (χ1n) is 6.64. The van der Waals surface area contributed by atoms with E-state index < -0.39 is 10.0 Å². The molecule has 2 aromatic carbocycles. The molecule has 1 amide bonds. The molecule has 0 spiro atoms. The Balaban J connectivity index is 1.98. The van der Waals surface area contributed by atoms with E-state index in [1.54, 1.807) is 30.3 Å². The van der Waals surface area contributed by atoms with Gasteiger partial charge in [0.15, 0.2) is 0 Å². The van der Waals surface area contributed by atoms with Crippen LogP contribution >= 0.6 is 22.6 Å². The number of rotatable bonds is 5. The molecule has 0 aliphatic heterocycles. The highest BCUT2D eigenvalue weighted by Gasteiger charge is 2.01. The minimum atomic E-state index is -3.29. The van der Waals surface area contributed by atoms with Gasteiger partial charge < -0.3 is 5.32 Å². The van der Waals surface area contributed by atoms with Crippen LogP contribution in [0.25, 0.3) is 6.08 Å². The normalized spacial score (nSPS) is 11.4. The van der Waals surface area contributed by atoms with Gasteiger partial charge in [0.25, 0.3) is 0 Å². The van der Waals surface area contributed by atoms with Crippen LogP contribution in [0.3, 0.4) is 0 Å². The van der Waals surface area contributed by atoms with Crippen LogP contribution in [-0.2, 0) is 14.8 Å². The highest BCUT2D eigenvalue weighted by Crippen LogP contribution is 2.14. The van der Waals surface area contributed by atoms with Crippen LogP contribution < -0.4 is 10.0 Å². The van der Waals surface area contributed by atoms with E-state index in [2.05, 4.69) is 32.6 Å². The van der Waals surface area contributed by atoms with Gasteiger partial charge in [-0.15, -0.1) is 0 Å². The van der Waals surface area contributed by atoms with Crippen LogP contribution in [-0.4, -0.2) is 20.6 Å². The fourth-order valence-corrected chi connectivity index (χ4v) is 2.91. The molecule has 0 unspecified atom stereocenters. The van der Waals surface area contributed by atoms with E-state index in [0.29, 0.717) is 5.69 Å². The molecular formula is C16H15IN2O3S. The summed E-state index contributed by atoms with van der Waals surface area (Å²) in [7, 11) is -3.29. The number of hydrogen-bond donors (Lipinski definition) is 2. The van der Waals surface area contributed by atoms with Crippen molar-refractivity contribution in [2.75, 3.05) is 16.3 Å². The number of halogens is 1. The Labute approximate surface area is 149 Å². The second kappa shape index (κ2) is 7.60. The third-order valence-corrected chi connectivity index (χ3v) is 4.01. The molecule has 23 heavy (non-hydrogen) atoms. The topological polar surface area (TPSA) is 75.3 Å². The zero-order valence-electron chi connectivity index (χ0n) is 12.3. The lowest BCUT2D eigenvalue weighted by atomic mass is 10.2. The molecule has 5 nitrogen and oxygen atoms in total. The lowest BCUT2D eigenvalue weighted by molar-refractivity contribution is -0.111. The van der Waals surface area contributed by atoms with E-state index in [1.807, 2.05) is 24.3 Å². The van der Waals surface area contributed by atoms with Crippen molar-refractivity contribution in [1.29, 1.82) is 0 Å². The van der Waals surface area contributed by atoms with Gasteiger partial charge in [0, 0.05) is 21.0 Å². The Morgan fingerprint density at radius 1 is 1.09 bits per heavy atom. The van der Waals surface area contributed by atoms with Crippen molar-refractivity contribution in [3.8, 4) is 0 Å². The van der Waals surface area contributed by atoms with Crippen molar-refractivity contribution in [2.45, 2.75) is 0 Å². The van der Waals surface area contributed by atoms with E-state index in [0.717, 1.165) is 21.1 Å². The number of anilines is 2. The quantitative estimate of drug-likeness (QED) is 0.551. The summed E-state index contributed by atoms with van der Waals surface area (Å²) in [4.78, 5) is 11.9. The summed E-state index contributed by atoms with van der Waals surface area (Å²) < 4.78 is 25.7. The van der Waals surface area contributed by atoms with Crippen molar-refractivity contribution in [3.05, 3.63) is 63.7 Å². The second-order valence-electron chi connectivity index (χ2n) is 4.83. The molecule has 7 heteroatoms. The summed E-state index contributed by atoms with van der Waals surface area (Å²) in [6.07, 6.45) is 4.18. The Morgan fingerprint density at radius 3 is 2.39 bits per heavy atom. The molecule has 0 atom stereocenters. The van der Waals surface area contributed by atoms with E-state index in [4.69, 9.17) is 0 Å². The molecule has 0 aromatic heterocycles. The fraction of sp³-hybridized carbons (Fsp3) is 0.0625. The largest absolute Gasteiger partial charge is 0.322 e. The summed E-state index contributed by atoms with van der Waals surface area (Å²) in [6.45, 7) is 0. The Morgan fingerprint density at radius 2 is 1.78 bits per heavy atom. The van der Waals surface area contributed by atoms with E-state index in [9.17, 15) is 13.2 Å². The molecular weight excluding hydrogens is 427 g/mol. The van der Waals surface area contributed by atoms with Gasteiger partial charge in [-0.2, -0.15) is 0 Å². The predicted molar refractivity (Wildman–Crippen MR) is 102 cm³/mol. The third kappa shape index (κ3) is 6.41. The summed E-state index contributed by atoms with van der Waals surface area (Å²) in [5.74, 6) is -0.231. The number of carbonyl (C=O) groups is 1. The summed E-state index contributed by atoms with van der Waals surface area (Å²) in [5, 5.41) is 2.77. The molecule has 2 rings (SSSR count). The second-order valence-corrected chi connectivity index (χ2v) is 7.82. The highest BCUT2D eigenvalue weighted by molar-refractivity contribution is 14.1. The van der Waals surface area contributed by atoms with Crippen molar-refractivity contribution in [1.82, 2.24) is 0 Å². The van der Waals surface area contributed by atoms with Gasteiger partial charge in [-0.3, -0.25) is 9.52 Å². The van der Waals surface area contributed by atoms with Crippen molar-refractivity contribution >= 4 is 56.0 Å². The van der Waals surface area contributed by atoms with Crippen molar-refractivity contribution in [2.24, 2.45) is 0 Å². The molecule has 0 saturated heterocycles. The van der Waals surface area contributed by atoms with Crippen LogP contribution in [0.15, 0.2) is 54.6 Å². The van der Waals surface area contributed by atoms with Crippen LogP contribution in [0.5, 0.6) is 0 Å². The molecule has 0 radical (unpaired) electrons. The Bertz CT molecular complexity index is 831. The number of sulfonamides is 1. The molecule has 0 heterocycles. The molecule has 2 N–H and O–H groups in total. The zero-order chi connectivity index (χ0) is 16.9. The Hall–Kier alpha value is -1.87. The maximum Gasteiger partial charge on any atom is 0.248 e. The standard InChI is InChI=1S/C16H15IN2O3S/c1-23(21,22)19-14-8-5-12(6-9-14)7-10-16(20)18-15-4-2-3-13(17)11-15/h2-11,19H,1H3,(H,18,20)/b10-7+.